The third kappa shape index (κ3) is 7.74. The van der Waals surface area contributed by atoms with Gasteiger partial charge in [0.2, 0.25) is 0 Å². The Morgan fingerprint density at radius 1 is 0.820 bits per heavy atom. The number of halogens is 3. The number of methoxy groups -OCH3 is 2. The quantitative estimate of drug-likeness (QED) is 0.166. The number of nitrogens with one attached hydrogen (secondary N) is 2. The summed E-state index contributed by atoms with van der Waals surface area (Å²) in [6.07, 6.45) is 1.35. The smallest absolute Gasteiger partial charge is 0.397 e. The van der Waals surface area contributed by atoms with Crippen LogP contribution in [0.3, 0.4) is 0 Å². The largest absolute Gasteiger partial charge is 0.420 e. The molecule has 0 spiro atoms. The maximum absolute atomic E-state index is 13.6. The van der Waals surface area contributed by atoms with Gasteiger partial charge in [-0.05, 0) is 58.0 Å². The number of aromatic nitrogens is 8. The predicted molar refractivity (Wildman–Crippen MR) is 181 cm³/mol. The first-order valence-electron chi connectivity index (χ1n) is 15.2. The Kier molecular flexibility index (Phi) is 10.5. The lowest BCUT2D eigenvalue weighted by atomic mass is 10.1. The molecule has 0 bridgehead atoms. The summed E-state index contributed by atoms with van der Waals surface area (Å²) in [4.78, 5) is 34.8. The number of anilines is 3. The van der Waals surface area contributed by atoms with Crippen molar-refractivity contribution in [3.8, 4) is 5.82 Å². The van der Waals surface area contributed by atoms with E-state index in [1.165, 1.54) is 25.7 Å². The molecular formula is C33H34F3N11O3. The molecule has 0 aliphatic carbocycles. The van der Waals surface area contributed by atoms with Crippen LogP contribution in [0.2, 0.25) is 0 Å². The maximum atomic E-state index is 13.6. The number of nitrogen functional groups attached to an aromatic ring is 1. The number of aryl methyl sites for hydroxylation is 2. The van der Waals surface area contributed by atoms with Gasteiger partial charge in [-0.3, -0.25) is 19.9 Å². The average molecular weight is 690 g/mol. The molecule has 260 valence electrons. The molecule has 0 aromatic carbocycles. The Hall–Kier alpha value is -5.81. The summed E-state index contributed by atoms with van der Waals surface area (Å²) in [5, 5.41) is 12.4. The molecule has 6 rings (SSSR count). The van der Waals surface area contributed by atoms with Crippen LogP contribution in [0.15, 0.2) is 61.3 Å². The second kappa shape index (κ2) is 14.8. The van der Waals surface area contributed by atoms with E-state index in [1.807, 2.05) is 39.0 Å². The standard InChI is InChI=1S/C21H19F3N8O2.C12H15N3O/c1-11-4-5-15-18(29-11)17(12(2)34-3)16(10-25-15)31-20(33)30-13-8-14(21(22,23)24)19(26-9-13)32-27-6-7-28-32;1-7-4-5-10-12(15-7)11(8(2)16-3)9(13)6-14-10/h4-10,12H,1-3H3,(H2,30,31,33);4-6,8H,13H2,1-3H3. The van der Waals surface area contributed by atoms with E-state index < -0.39 is 29.7 Å². The van der Waals surface area contributed by atoms with Crippen LogP contribution in [0.1, 0.15) is 54.1 Å². The Bertz CT molecular complexity index is 2140. The molecule has 0 aliphatic rings. The zero-order chi connectivity index (χ0) is 36.2. The third-order valence-corrected chi connectivity index (χ3v) is 7.62. The molecule has 17 heteroatoms. The van der Waals surface area contributed by atoms with Crippen LogP contribution in [-0.2, 0) is 15.7 Å². The molecule has 0 saturated heterocycles. The number of nitrogens with zero attached hydrogens (tertiary/aromatic N) is 8. The number of hydrogen-bond donors (Lipinski definition) is 3. The second-order valence-corrected chi connectivity index (χ2v) is 11.1. The lowest BCUT2D eigenvalue weighted by molar-refractivity contribution is -0.137. The summed E-state index contributed by atoms with van der Waals surface area (Å²) in [6, 6.07) is 7.46. The molecule has 0 fully saturated rings. The molecule has 6 aromatic heterocycles. The zero-order valence-electron chi connectivity index (χ0n) is 27.9. The minimum Gasteiger partial charge on any atom is -0.397 e. The number of carbonyl (C=O) groups is 1. The Morgan fingerprint density at radius 2 is 1.38 bits per heavy atom. The van der Waals surface area contributed by atoms with Crippen LogP contribution in [0.4, 0.5) is 35.0 Å². The van der Waals surface area contributed by atoms with Gasteiger partial charge in [-0.25, -0.2) is 9.78 Å². The molecule has 6 heterocycles. The fourth-order valence-corrected chi connectivity index (χ4v) is 5.06. The predicted octanol–water partition coefficient (Wildman–Crippen LogP) is 6.51. The van der Waals surface area contributed by atoms with E-state index in [4.69, 9.17) is 15.2 Å². The number of ether oxygens (including phenoxy) is 2. The van der Waals surface area contributed by atoms with Crippen LogP contribution < -0.4 is 16.4 Å². The van der Waals surface area contributed by atoms with Gasteiger partial charge in [-0.2, -0.15) is 23.4 Å². The molecule has 2 amide bonds. The van der Waals surface area contributed by atoms with Crippen molar-refractivity contribution in [3.05, 3.63) is 89.4 Å². The minimum absolute atomic E-state index is 0.0835. The molecule has 0 saturated carbocycles. The van der Waals surface area contributed by atoms with Crippen LogP contribution in [0.25, 0.3) is 27.9 Å². The van der Waals surface area contributed by atoms with Crippen molar-refractivity contribution >= 4 is 45.2 Å². The lowest BCUT2D eigenvalue weighted by Crippen LogP contribution is -2.22. The van der Waals surface area contributed by atoms with Gasteiger partial charge in [0.05, 0.1) is 82.3 Å². The van der Waals surface area contributed by atoms with Crippen LogP contribution >= 0.6 is 0 Å². The monoisotopic (exact) mass is 689 g/mol. The Balaban J connectivity index is 0.000000253. The molecule has 2 unspecified atom stereocenters. The molecule has 2 atom stereocenters. The number of fused-ring (bicyclic) bond motifs is 2. The van der Waals surface area contributed by atoms with E-state index in [2.05, 4.69) is 45.8 Å². The molecule has 50 heavy (non-hydrogen) atoms. The van der Waals surface area contributed by atoms with E-state index in [0.717, 1.165) is 45.0 Å². The third-order valence-electron chi connectivity index (χ3n) is 7.62. The van der Waals surface area contributed by atoms with Crippen LogP contribution in [0.5, 0.6) is 0 Å². The van der Waals surface area contributed by atoms with E-state index in [0.29, 0.717) is 28.0 Å². The fraction of sp³-hybridized carbons (Fsp3) is 0.273. The summed E-state index contributed by atoms with van der Waals surface area (Å²) in [5.41, 5.74) is 11.6. The average Bonchev–Trinajstić information content (AvgIpc) is 3.62. The highest BCUT2D eigenvalue weighted by Gasteiger charge is 2.36. The number of nitrogens with two attached hydrogens (primary N) is 1. The number of amides is 2. The molecule has 14 nitrogen and oxygen atoms in total. The summed E-state index contributed by atoms with van der Waals surface area (Å²) >= 11 is 0. The van der Waals surface area contributed by atoms with Gasteiger partial charge in [0.1, 0.15) is 5.56 Å². The van der Waals surface area contributed by atoms with Gasteiger partial charge in [-0.15, -0.1) is 4.80 Å². The van der Waals surface area contributed by atoms with E-state index in [1.54, 1.807) is 26.3 Å². The topological polar surface area (TPSA) is 181 Å². The summed E-state index contributed by atoms with van der Waals surface area (Å²) < 4.78 is 51.6. The Morgan fingerprint density at radius 3 is 1.96 bits per heavy atom. The number of carbonyl (C=O) groups excluding carboxylic acids is 1. The van der Waals surface area contributed by atoms with Gasteiger partial charge < -0.3 is 25.8 Å². The first-order valence-corrected chi connectivity index (χ1v) is 15.2. The molecule has 6 aromatic rings. The van der Waals surface area contributed by atoms with Crippen LogP contribution in [-0.4, -0.2) is 60.2 Å². The highest BCUT2D eigenvalue weighted by atomic mass is 19.4. The highest BCUT2D eigenvalue weighted by molar-refractivity contribution is 6.01. The summed E-state index contributed by atoms with van der Waals surface area (Å²) in [5.74, 6) is -0.514. The van der Waals surface area contributed by atoms with Crippen molar-refractivity contribution in [3.63, 3.8) is 0 Å². The maximum Gasteiger partial charge on any atom is 0.420 e. The van der Waals surface area contributed by atoms with Gasteiger partial charge in [0, 0.05) is 36.7 Å². The number of alkyl halides is 3. The first-order chi connectivity index (χ1) is 23.8. The SMILES string of the molecule is COC(C)c1c(N)cnc2ccc(C)nc12.COC(C)c1c(NC(=O)Nc2cnc(-n3nccn3)c(C(F)(F)F)c2)cnc2ccc(C)nc12. The summed E-state index contributed by atoms with van der Waals surface area (Å²) in [7, 11) is 3.17. The molecule has 4 N–H and O–H groups in total. The number of rotatable bonds is 7. The van der Waals surface area contributed by atoms with E-state index >= 15 is 0 Å². The molecular weight excluding hydrogens is 655 g/mol. The van der Waals surface area contributed by atoms with Gasteiger partial charge >= 0.3 is 12.2 Å². The fourth-order valence-electron chi connectivity index (χ4n) is 5.06. The van der Waals surface area contributed by atoms with Crippen molar-refractivity contribution in [1.29, 1.82) is 0 Å². The van der Waals surface area contributed by atoms with Crippen molar-refractivity contribution < 1.29 is 27.4 Å². The number of hydrogen-bond acceptors (Lipinski definition) is 11. The van der Waals surface area contributed by atoms with Gasteiger partial charge in [0.25, 0.3) is 0 Å². The lowest BCUT2D eigenvalue weighted by Gasteiger charge is -2.18. The zero-order valence-corrected chi connectivity index (χ0v) is 27.9. The summed E-state index contributed by atoms with van der Waals surface area (Å²) in [6.45, 7) is 7.50. The van der Waals surface area contributed by atoms with Crippen molar-refractivity contribution in [2.24, 2.45) is 0 Å². The van der Waals surface area contributed by atoms with Crippen molar-refractivity contribution in [1.82, 2.24) is 39.9 Å². The highest BCUT2D eigenvalue weighted by Crippen LogP contribution is 2.35. The van der Waals surface area contributed by atoms with Crippen molar-refractivity contribution in [2.75, 3.05) is 30.6 Å². The molecule has 0 radical (unpaired) electrons. The minimum atomic E-state index is -4.75. The molecule has 0 aliphatic heterocycles. The number of pyridine rings is 5. The van der Waals surface area contributed by atoms with Crippen LogP contribution in [0, 0.1) is 13.8 Å². The van der Waals surface area contributed by atoms with Gasteiger partial charge in [-0.1, -0.05) is 0 Å². The van der Waals surface area contributed by atoms with Crippen molar-refractivity contribution in [2.45, 2.75) is 46.1 Å². The number of urea groups is 1. The normalized spacial score (nSPS) is 12.7. The van der Waals surface area contributed by atoms with E-state index in [-0.39, 0.29) is 11.8 Å². The first kappa shape index (κ1) is 35.5. The second-order valence-electron chi connectivity index (χ2n) is 11.1. The van der Waals surface area contributed by atoms with Gasteiger partial charge in [0.15, 0.2) is 5.82 Å². The Labute approximate surface area is 284 Å². The van der Waals surface area contributed by atoms with E-state index in [9.17, 15) is 18.0 Å².